The molecule has 6 rings (SSSR count). The predicted octanol–water partition coefficient (Wildman–Crippen LogP) is 4.02. The first-order valence-electron chi connectivity index (χ1n) is 12.6. The summed E-state index contributed by atoms with van der Waals surface area (Å²) in [5.74, 6) is -0.247. The number of thiophene rings is 1. The number of nitrogens with zero attached hydrogens (tertiary/aromatic N) is 2. The summed E-state index contributed by atoms with van der Waals surface area (Å²) in [5, 5.41) is 4.88. The number of carbonyl (C=O) groups excluding carboxylic acids is 1. The average molecular weight is 554 g/mol. The van der Waals surface area contributed by atoms with Crippen LogP contribution in [-0.4, -0.2) is 50.3 Å². The Labute approximate surface area is 224 Å². The molecule has 1 unspecified atom stereocenters. The summed E-state index contributed by atoms with van der Waals surface area (Å²) < 4.78 is 28.7. The van der Waals surface area contributed by atoms with Gasteiger partial charge in [0.1, 0.15) is 16.6 Å². The Morgan fingerprint density at radius 1 is 1.03 bits per heavy atom. The number of benzene rings is 2. The van der Waals surface area contributed by atoms with Crippen molar-refractivity contribution in [1.29, 1.82) is 0 Å². The number of rotatable bonds is 5. The summed E-state index contributed by atoms with van der Waals surface area (Å²) >= 11 is 3.28. The SMILES string of the molecule is C[NH+]1CCc2c(sc(NC(=O)c3ccc(S(=O)(=O)N4CCCCC4)cc3)c2-c2nc3ccccc3s2)C1. The molecule has 0 radical (unpaired) electrons. The maximum atomic E-state index is 13.3. The number of carbonyl (C=O) groups is 1. The summed E-state index contributed by atoms with van der Waals surface area (Å²) in [7, 11) is -1.34. The van der Waals surface area contributed by atoms with Crippen molar-refractivity contribution in [1.82, 2.24) is 9.29 Å². The number of sulfonamides is 1. The lowest BCUT2D eigenvalue weighted by atomic mass is 10.0. The summed E-state index contributed by atoms with van der Waals surface area (Å²) in [6.45, 7) is 3.08. The molecule has 192 valence electrons. The number of hydrogen-bond donors (Lipinski definition) is 2. The Morgan fingerprint density at radius 3 is 2.54 bits per heavy atom. The highest BCUT2D eigenvalue weighted by Gasteiger charge is 2.29. The average Bonchev–Trinajstić information content (AvgIpc) is 3.49. The van der Waals surface area contributed by atoms with Crippen molar-refractivity contribution in [2.24, 2.45) is 0 Å². The van der Waals surface area contributed by atoms with Gasteiger partial charge in [-0.25, -0.2) is 13.4 Å². The van der Waals surface area contributed by atoms with Crippen LogP contribution < -0.4 is 10.2 Å². The van der Waals surface area contributed by atoms with Gasteiger partial charge in [0.05, 0.1) is 33.6 Å². The van der Waals surface area contributed by atoms with Gasteiger partial charge in [-0.3, -0.25) is 4.79 Å². The smallest absolute Gasteiger partial charge is 0.256 e. The van der Waals surface area contributed by atoms with Crippen LogP contribution in [0.3, 0.4) is 0 Å². The number of quaternary nitrogens is 1. The number of piperidine rings is 1. The number of anilines is 1. The monoisotopic (exact) mass is 553 g/mol. The fraction of sp³-hybridized carbons (Fsp3) is 0.333. The highest BCUT2D eigenvalue weighted by atomic mass is 32.2. The fourth-order valence-corrected chi connectivity index (χ4v) is 9.11. The largest absolute Gasteiger partial charge is 0.333 e. The molecule has 0 aliphatic carbocycles. The van der Waals surface area contributed by atoms with Crippen LogP contribution in [0, 0.1) is 0 Å². The minimum Gasteiger partial charge on any atom is -0.333 e. The minimum atomic E-state index is -3.53. The number of hydrogen-bond acceptors (Lipinski definition) is 6. The quantitative estimate of drug-likeness (QED) is 0.391. The van der Waals surface area contributed by atoms with E-state index in [0.29, 0.717) is 18.7 Å². The first kappa shape index (κ1) is 24.7. The van der Waals surface area contributed by atoms with Crippen molar-refractivity contribution in [3.05, 3.63) is 64.5 Å². The number of thiazole rings is 1. The van der Waals surface area contributed by atoms with Gasteiger partial charge in [-0.05, 0) is 54.8 Å². The summed E-state index contributed by atoms with van der Waals surface area (Å²) in [6, 6.07) is 14.4. The molecule has 4 heterocycles. The zero-order valence-corrected chi connectivity index (χ0v) is 23.1. The molecule has 1 saturated heterocycles. The molecule has 1 amide bonds. The normalized spacial score (nSPS) is 18.6. The Hall–Kier alpha value is -2.63. The molecule has 2 aromatic carbocycles. The predicted molar refractivity (Wildman–Crippen MR) is 149 cm³/mol. The molecule has 2 aliphatic rings. The van der Waals surface area contributed by atoms with E-state index in [1.807, 2.05) is 18.2 Å². The lowest BCUT2D eigenvalue weighted by molar-refractivity contribution is -0.895. The fourth-order valence-electron chi connectivity index (χ4n) is 5.12. The van der Waals surface area contributed by atoms with Crippen LogP contribution >= 0.6 is 22.7 Å². The van der Waals surface area contributed by atoms with Crippen molar-refractivity contribution in [2.45, 2.75) is 37.1 Å². The van der Waals surface area contributed by atoms with Gasteiger partial charge < -0.3 is 10.2 Å². The maximum Gasteiger partial charge on any atom is 0.256 e. The van der Waals surface area contributed by atoms with Crippen molar-refractivity contribution in [3.63, 3.8) is 0 Å². The summed E-state index contributed by atoms with van der Waals surface area (Å²) in [5.41, 5.74) is 3.71. The van der Waals surface area contributed by atoms with Gasteiger partial charge in [0.25, 0.3) is 5.91 Å². The zero-order valence-electron chi connectivity index (χ0n) is 20.6. The third-order valence-corrected chi connectivity index (χ3v) is 11.3. The van der Waals surface area contributed by atoms with Crippen LogP contribution in [0.25, 0.3) is 20.8 Å². The standard InChI is InChI=1S/C27H28N4O3S3/c1-30-16-13-20-23(17-30)36-27(24(20)26-28-21-7-3-4-8-22(21)35-26)29-25(32)18-9-11-19(12-10-18)37(33,34)31-14-5-2-6-15-31/h3-4,7-12H,2,5-6,13-17H2,1H3,(H,29,32)/p+1. The van der Waals surface area contributed by atoms with Crippen LogP contribution in [0.2, 0.25) is 0 Å². The highest BCUT2D eigenvalue weighted by Crippen LogP contribution is 2.44. The van der Waals surface area contributed by atoms with E-state index in [1.54, 1.807) is 51.2 Å². The number of para-hydroxylation sites is 1. The van der Waals surface area contributed by atoms with Gasteiger partial charge in [0.2, 0.25) is 10.0 Å². The Kier molecular flexibility index (Phi) is 6.62. The van der Waals surface area contributed by atoms with Gasteiger partial charge in [-0.15, -0.1) is 22.7 Å². The molecule has 2 aliphatic heterocycles. The van der Waals surface area contributed by atoms with E-state index in [0.717, 1.165) is 64.6 Å². The van der Waals surface area contributed by atoms with Crippen LogP contribution in [0.15, 0.2) is 53.4 Å². The summed E-state index contributed by atoms with van der Waals surface area (Å²) in [6.07, 6.45) is 3.79. The van der Waals surface area contributed by atoms with E-state index in [4.69, 9.17) is 4.98 Å². The van der Waals surface area contributed by atoms with Crippen molar-refractivity contribution in [3.8, 4) is 10.6 Å². The van der Waals surface area contributed by atoms with Gasteiger partial charge in [0.15, 0.2) is 0 Å². The molecule has 1 fully saturated rings. The molecule has 2 N–H and O–H groups in total. The van der Waals surface area contributed by atoms with Crippen molar-refractivity contribution in [2.75, 3.05) is 32.0 Å². The number of likely N-dealkylation sites (N-methyl/N-ethyl adjacent to an activating group) is 1. The Morgan fingerprint density at radius 2 is 1.78 bits per heavy atom. The molecule has 2 aromatic heterocycles. The van der Waals surface area contributed by atoms with E-state index in [2.05, 4.69) is 18.4 Å². The molecular weight excluding hydrogens is 525 g/mol. The van der Waals surface area contributed by atoms with Gasteiger partial charge in [-0.2, -0.15) is 4.31 Å². The highest BCUT2D eigenvalue weighted by molar-refractivity contribution is 7.89. The van der Waals surface area contributed by atoms with E-state index in [-0.39, 0.29) is 10.8 Å². The maximum absolute atomic E-state index is 13.3. The third kappa shape index (κ3) is 4.72. The van der Waals surface area contributed by atoms with Crippen molar-refractivity contribution < 1.29 is 18.1 Å². The number of fused-ring (bicyclic) bond motifs is 2. The number of nitrogens with one attached hydrogen (secondary N) is 2. The molecule has 0 spiro atoms. The number of amides is 1. The lowest BCUT2D eigenvalue weighted by Gasteiger charge is -2.25. The number of aromatic nitrogens is 1. The first-order valence-corrected chi connectivity index (χ1v) is 15.7. The molecule has 1 atom stereocenters. The molecule has 10 heteroatoms. The van der Waals surface area contributed by atoms with Gasteiger partial charge >= 0.3 is 0 Å². The van der Waals surface area contributed by atoms with Crippen LogP contribution in [0.4, 0.5) is 5.00 Å². The second-order valence-corrected chi connectivity index (χ2v) is 13.8. The van der Waals surface area contributed by atoms with Crippen LogP contribution in [-0.2, 0) is 23.0 Å². The molecule has 0 bridgehead atoms. The van der Waals surface area contributed by atoms with E-state index < -0.39 is 10.0 Å². The van der Waals surface area contributed by atoms with Crippen molar-refractivity contribution >= 4 is 53.8 Å². The molecule has 7 nitrogen and oxygen atoms in total. The van der Waals surface area contributed by atoms with E-state index in [1.165, 1.54) is 15.3 Å². The lowest BCUT2D eigenvalue weighted by Crippen LogP contribution is -3.08. The topological polar surface area (TPSA) is 83.8 Å². The Balaban J connectivity index is 1.30. The third-order valence-electron chi connectivity index (χ3n) is 7.16. The van der Waals surface area contributed by atoms with E-state index >= 15 is 0 Å². The first-order chi connectivity index (χ1) is 17.9. The zero-order chi connectivity index (χ0) is 25.6. The second kappa shape index (κ2) is 9.92. The molecule has 4 aromatic rings. The summed E-state index contributed by atoms with van der Waals surface area (Å²) in [4.78, 5) is 21.2. The second-order valence-electron chi connectivity index (χ2n) is 9.77. The Bertz CT molecular complexity index is 1540. The van der Waals surface area contributed by atoms with Crippen LogP contribution in [0.5, 0.6) is 0 Å². The minimum absolute atomic E-state index is 0.235. The molecule has 37 heavy (non-hydrogen) atoms. The van der Waals surface area contributed by atoms with Gasteiger partial charge in [0, 0.05) is 30.6 Å². The van der Waals surface area contributed by atoms with Crippen LogP contribution in [0.1, 0.15) is 40.1 Å². The van der Waals surface area contributed by atoms with E-state index in [9.17, 15) is 13.2 Å². The molecular formula is C27H29N4O3S3+. The molecule has 0 saturated carbocycles. The van der Waals surface area contributed by atoms with Gasteiger partial charge in [-0.1, -0.05) is 18.6 Å².